The number of H-pyrrole nitrogens is 1. The Labute approximate surface area is 63.7 Å². The smallest absolute Gasteiger partial charge is 0.200 e. The molecule has 2 rings (SSSR count). The van der Waals surface area contributed by atoms with E-state index in [9.17, 15) is 0 Å². The molecule has 2 aromatic heterocycles. The highest BCUT2D eigenvalue weighted by Crippen LogP contribution is 2.10. The number of anilines is 1. The van der Waals surface area contributed by atoms with Gasteiger partial charge in [-0.05, 0) is 6.07 Å². The predicted octanol–water partition coefficient (Wildman–Crippen LogP) is 1.000. The largest absolute Gasteiger partial charge is 0.359 e. The van der Waals surface area contributed by atoms with E-state index in [0.717, 1.165) is 17.0 Å². The molecule has 0 saturated carbocycles. The van der Waals surface area contributed by atoms with E-state index in [1.807, 2.05) is 13.1 Å². The summed E-state index contributed by atoms with van der Waals surface area (Å²) in [5.41, 5.74) is 1.89. The standard InChI is InChI=1S/C7H8N4/c1-8-7-10-5-2-3-9-4-6(5)11-7/h2-4H,1H3,(H2,8,10,11). The van der Waals surface area contributed by atoms with Crippen molar-refractivity contribution in [1.29, 1.82) is 0 Å². The van der Waals surface area contributed by atoms with Gasteiger partial charge in [-0.25, -0.2) is 4.98 Å². The van der Waals surface area contributed by atoms with Crippen molar-refractivity contribution in [3.05, 3.63) is 18.5 Å². The highest BCUT2D eigenvalue weighted by atomic mass is 15.1. The molecule has 0 radical (unpaired) electrons. The molecule has 4 nitrogen and oxygen atoms in total. The Bertz CT molecular complexity index is 332. The third-order valence-electron chi connectivity index (χ3n) is 1.52. The maximum atomic E-state index is 4.22. The average Bonchev–Trinajstić information content (AvgIpc) is 2.46. The molecule has 0 spiro atoms. The summed E-state index contributed by atoms with van der Waals surface area (Å²) in [7, 11) is 1.82. The van der Waals surface area contributed by atoms with Crippen molar-refractivity contribution in [3.8, 4) is 0 Å². The minimum Gasteiger partial charge on any atom is -0.359 e. The zero-order valence-corrected chi connectivity index (χ0v) is 6.13. The van der Waals surface area contributed by atoms with Gasteiger partial charge < -0.3 is 10.3 Å². The van der Waals surface area contributed by atoms with Crippen LogP contribution in [0.2, 0.25) is 0 Å². The van der Waals surface area contributed by atoms with Crippen LogP contribution in [-0.2, 0) is 0 Å². The number of aromatic nitrogens is 3. The van der Waals surface area contributed by atoms with Crippen molar-refractivity contribution in [1.82, 2.24) is 15.0 Å². The summed E-state index contributed by atoms with van der Waals surface area (Å²) < 4.78 is 0. The molecule has 0 aromatic carbocycles. The molecule has 0 aliphatic rings. The number of fused-ring (bicyclic) bond motifs is 1. The molecular weight excluding hydrogens is 140 g/mol. The monoisotopic (exact) mass is 148 g/mol. The Balaban J connectivity index is 2.69. The number of hydrogen-bond donors (Lipinski definition) is 2. The van der Waals surface area contributed by atoms with E-state index in [-0.39, 0.29) is 0 Å². The molecular formula is C7H8N4. The summed E-state index contributed by atoms with van der Waals surface area (Å²) in [6, 6.07) is 1.87. The van der Waals surface area contributed by atoms with E-state index >= 15 is 0 Å². The molecule has 0 aliphatic carbocycles. The summed E-state index contributed by atoms with van der Waals surface area (Å²) in [4.78, 5) is 11.2. The van der Waals surface area contributed by atoms with Crippen LogP contribution in [0.3, 0.4) is 0 Å². The fraction of sp³-hybridized carbons (Fsp3) is 0.143. The molecule has 2 N–H and O–H groups in total. The van der Waals surface area contributed by atoms with Crippen molar-refractivity contribution in [2.24, 2.45) is 0 Å². The first-order chi connectivity index (χ1) is 5.40. The highest BCUT2D eigenvalue weighted by Gasteiger charge is 1.97. The first-order valence-electron chi connectivity index (χ1n) is 3.37. The van der Waals surface area contributed by atoms with Gasteiger partial charge in [0.15, 0.2) is 0 Å². The van der Waals surface area contributed by atoms with Crippen LogP contribution in [0.4, 0.5) is 5.95 Å². The number of rotatable bonds is 1. The topological polar surface area (TPSA) is 53.6 Å². The SMILES string of the molecule is CNc1nc2ccncc2[nH]1. The summed E-state index contributed by atoms with van der Waals surface area (Å²) in [5, 5.41) is 2.92. The Kier molecular flexibility index (Phi) is 1.25. The van der Waals surface area contributed by atoms with Crippen molar-refractivity contribution in [2.45, 2.75) is 0 Å². The van der Waals surface area contributed by atoms with Gasteiger partial charge in [0.2, 0.25) is 5.95 Å². The number of aromatic amines is 1. The second-order valence-electron chi connectivity index (χ2n) is 2.23. The molecule has 0 atom stereocenters. The van der Waals surface area contributed by atoms with Crippen LogP contribution in [-0.4, -0.2) is 22.0 Å². The first-order valence-corrected chi connectivity index (χ1v) is 3.37. The van der Waals surface area contributed by atoms with Crippen LogP contribution >= 0.6 is 0 Å². The molecule has 0 fully saturated rings. The predicted molar refractivity (Wildman–Crippen MR) is 43.4 cm³/mol. The zero-order chi connectivity index (χ0) is 7.68. The second kappa shape index (κ2) is 2.23. The summed E-state index contributed by atoms with van der Waals surface area (Å²) in [6.07, 6.45) is 3.48. The van der Waals surface area contributed by atoms with Gasteiger partial charge in [0.25, 0.3) is 0 Å². The summed E-state index contributed by atoms with van der Waals surface area (Å²) in [6.45, 7) is 0. The Morgan fingerprint density at radius 3 is 3.18 bits per heavy atom. The van der Waals surface area contributed by atoms with E-state index in [0.29, 0.717) is 0 Å². The Hall–Kier alpha value is -1.58. The van der Waals surface area contributed by atoms with Gasteiger partial charge in [-0.2, -0.15) is 0 Å². The molecule has 0 bridgehead atoms. The van der Waals surface area contributed by atoms with Crippen molar-refractivity contribution in [3.63, 3.8) is 0 Å². The zero-order valence-electron chi connectivity index (χ0n) is 6.13. The normalized spacial score (nSPS) is 10.3. The van der Waals surface area contributed by atoms with Crippen molar-refractivity contribution < 1.29 is 0 Å². The Morgan fingerprint density at radius 1 is 1.55 bits per heavy atom. The number of imidazole rings is 1. The van der Waals surface area contributed by atoms with E-state index in [4.69, 9.17) is 0 Å². The van der Waals surface area contributed by atoms with Gasteiger partial charge in [0, 0.05) is 13.2 Å². The van der Waals surface area contributed by atoms with E-state index in [1.54, 1.807) is 12.4 Å². The Morgan fingerprint density at radius 2 is 2.45 bits per heavy atom. The van der Waals surface area contributed by atoms with Crippen LogP contribution in [0.15, 0.2) is 18.5 Å². The minimum absolute atomic E-state index is 0.771. The first kappa shape index (κ1) is 6.15. The lowest BCUT2D eigenvalue weighted by molar-refractivity contribution is 1.28. The van der Waals surface area contributed by atoms with E-state index in [1.165, 1.54) is 0 Å². The lowest BCUT2D eigenvalue weighted by atomic mass is 10.4. The van der Waals surface area contributed by atoms with Gasteiger partial charge in [-0.3, -0.25) is 4.98 Å². The van der Waals surface area contributed by atoms with Gasteiger partial charge in [0.1, 0.15) is 0 Å². The maximum Gasteiger partial charge on any atom is 0.200 e. The molecule has 0 amide bonds. The van der Waals surface area contributed by atoms with Crippen LogP contribution in [0, 0.1) is 0 Å². The van der Waals surface area contributed by atoms with Crippen LogP contribution < -0.4 is 5.32 Å². The minimum atomic E-state index is 0.771. The van der Waals surface area contributed by atoms with Gasteiger partial charge >= 0.3 is 0 Å². The molecule has 56 valence electrons. The van der Waals surface area contributed by atoms with Crippen LogP contribution in [0.25, 0.3) is 11.0 Å². The average molecular weight is 148 g/mol. The fourth-order valence-corrected chi connectivity index (χ4v) is 0.975. The van der Waals surface area contributed by atoms with Crippen LogP contribution in [0.1, 0.15) is 0 Å². The molecule has 4 heteroatoms. The van der Waals surface area contributed by atoms with Crippen molar-refractivity contribution >= 4 is 17.0 Å². The van der Waals surface area contributed by atoms with Crippen LogP contribution in [0.5, 0.6) is 0 Å². The quantitative estimate of drug-likeness (QED) is 0.634. The van der Waals surface area contributed by atoms with E-state index in [2.05, 4.69) is 20.3 Å². The molecule has 0 unspecified atom stereocenters. The molecule has 2 aromatic rings. The van der Waals surface area contributed by atoms with Crippen molar-refractivity contribution in [2.75, 3.05) is 12.4 Å². The molecule has 2 heterocycles. The lowest BCUT2D eigenvalue weighted by Crippen LogP contribution is -1.88. The molecule has 0 aliphatic heterocycles. The maximum absolute atomic E-state index is 4.22. The molecule has 0 saturated heterocycles. The summed E-state index contributed by atoms with van der Waals surface area (Å²) in [5.74, 6) is 0.771. The van der Waals surface area contributed by atoms with Gasteiger partial charge in [-0.1, -0.05) is 0 Å². The fourth-order valence-electron chi connectivity index (χ4n) is 0.975. The number of hydrogen-bond acceptors (Lipinski definition) is 3. The molecule has 11 heavy (non-hydrogen) atoms. The second-order valence-corrected chi connectivity index (χ2v) is 2.23. The summed E-state index contributed by atoms with van der Waals surface area (Å²) >= 11 is 0. The number of nitrogens with one attached hydrogen (secondary N) is 2. The van der Waals surface area contributed by atoms with Gasteiger partial charge in [0.05, 0.1) is 17.2 Å². The lowest BCUT2D eigenvalue weighted by Gasteiger charge is -1.86. The number of nitrogens with zero attached hydrogens (tertiary/aromatic N) is 2. The third-order valence-corrected chi connectivity index (χ3v) is 1.52. The van der Waals surface area contributed by atoms with Gasteiger partial charge in [-0.15, -0.1) is 0 Å². The third kappa shape index (κ3) is 0.920. The number of pyridine rings is 1. The highest BCUT2D eigenvalue weighted by molar-refractivity contribution is 5.75. The van der Waals surface area contributed by atoms with E-state index < -0.39 is 0 Å².